The summed E-state index contributed by atoms with van der Waals surface area (Å²) in [5, 5.41) is 7.67. The lowest BCUT2D eigenvalue weighted by Crippen LogP contribution is -2.12. The number of amides is 1. The summed E-state index contributed by atoms with van der Waals surface area (Å²) in [7, 11) is -3.35. The molecule has 43 heavy (non-hydrogen) atoms. The average molecular weight is 588 g/mol. The number of aromatic nitrogens is 4. The zero-order chi connectivity index (χ0) is 30.0. The maximum Gasteiger partial charge on any atom is 0.258 e. The van der Waals surface area contributed by atoms with Gasteiger partial charge in [-0.15, -0.1) is 0 Å². The Kier molecular flexibility index (Phi) is 7.35. The first kappa shape index (κ1) is 27.7. The number of fused-ring (bicyclic) bond motifs is 1. The van der Waals surface area contributed by atoms with Gasteiger partial charge in [-0.3, -0.25) is 14.8 Å². The lowest BCUT2D eigenvalue weighted by Gasteiger charge is -2.12. The third-order valence-corrected chi connectivity index (χ3v) is 7.88. The van der Waals surface area contributed by atoms with Gasteiger partial charge in [0.05, 0.1) is 22.3 Å². The summed E-state index contributed by atoms with van der Waals surface area (Å²) in [6.07, 6.45) is 8.03. The van der Waals surface area contributed by atoms with Crippen molar-refractivity contribution >= 4 is 44.0 Å². The number of sulfone groups is 1. The zero-order valence-electron chi connectivity index (χ0n) is 23.2. The maximum absolute atomic E-state index is 13.2. The van der Waals surface area contributed by atoms with Crippen molar-refractivity contribution < 1.29 is 17.7 Å². The molecular formula is C33H25N5O4S. The smallest absolute Gasteiger partial charge is 0.258 e. The molecule has 0 unspecified atom stereocenters. The summed E-state index contributed by atoms with van der Waals surface area (Å²) in [5.41, 5.74) is 5.64. The van der Waals surface area contributed by atoms with Crippen molar-refractivity contribution in [2.24, 2.45) is 0 Å². The lowest BCUT2D eigenvalue weighted by molar-refractivity contribution is 0.102. The Morgan fingerprint density at radius 3 is 2.44 bits per heavy atom. The first-order chi connectivity index (χ1) is 20.7. The molecule has 0 spiro atoms. The van der Waals surface area contributed by atoms with Crippen molar-refractivity contribution in [1.82, 2.24) is 20.1 Å². The van der Waals surface area contributed by atoms with E-state index < -0.39 is 9.84 Å². The molecule has 6 aromatic rings. The van der Waals surface area contributed by atoms with E-state index in [1.54, 1.807) is 61.9 Å². The molecule has 9 nitrogen and oxygen atoms in total. The number of hydrogen-bond acceptors (Lipinski definition) is 8. The van der Waals surface area contributed by atoms with Gasteiger partial charge in [0.2, 0.25) is 0 Å². The van der Waals surface area contributed by atoms with E-state index in [-0.39, 0.29) is 10.8 Å². The molecular weight excluding hydrogens is 562 g/mol. The van der Waals surface area contributed by atoms with E-state index in [2.05, 4.69) is 25.4 Å². The number of hydrogen-bond donors (Lipinski definition) is 1. The Bertz CT molecular complexity index is 2110. The summed E-state index contributed by atoms with van der Waals surface area (Å²) in [6, 6.07) is 25.3. The van der Waals surface area contributed by atoms with Crippen LogP contribution in [0.4, 0.5) is 5.69 Å². The van der Waals surface area contributed by atoms with Gasteiger partial charge in [-0.25, -0.2) is 8.42 Å². The highest BCUT2D eigenvalue weighted by molar-refractivity contribution is 7.90. The van der Waals surface area contributed by atoms with Crippen LogP contribution in [0.5, 0.6) is 0 Å². The van der Waals surface area contributed by atoms with Crippen molar-refractivity contribution in [3.63, 3.8) is 0 Å². The predicted molar refractivity (Wildman–Crippen MR) is 165 cm³/mol. The van der Waals surface area contributed by atoms with Crippen LogP contribution in [0, 0.1) is 6.92 Å². The van der Waals surface area contributed by atoms with Gasteiger partial charge in [0.15, 0.2) is 15.7 Å². The second-order valence-electron chi connectivity index (χ2n) is 9.92. The molecule has 0 radical (unpaired) electrons. The fourth-order valence-electron chi connectivity index (χ4n) is 4.70. The second-order valence-corrected chi connectivity index (χ2v) is 11.9. The van der Waals surface area contributed by atoms with Gasteiger partial charge < -0.3 is 9.84 Å². The monoisotopic (exact) mass is 587 g/mol. The molecule has 3 aromatic heterocycles. The lowest BCUT2D eigenvalue weighted by atomic mass is 9.96. The zero-order valence-corrected chi connectivity index (χ0v) is 24.0. The molecule has 0 saturated carbocycles. The predicted octanol–water partition coefficient (Wildman–Crippen LogP) is 6.23. The first-order valence-corrected chi connectivity index (χ1v) is 15.2. The van der Waals surface area contributed by atoms with Gasteiger partial charge in [0.25, 0.3) is 11.8 Å². The van der Waals surface area contributed by atoms with Gasteiger partial charge in [-0.05, 0) is 78.2 Å². The molecule has 1 N–H and O–H groups in total. The standard InChI is InChI=1S/C33H25N5O4S/c1-21-36-33(42-38-21)30(23-10-12-28(13-11-23)43(2,40)41)17-22-6-3-7-24(16-22)29-19-26(18-25-8-4-15-35-31(25)29)32(39)37-27-9-5-14-34-20-27/h3-20H,1-2H3,(H,37,39)/b30-17+. The number of carbonyl (C=O) groups is 1. The molecule has 3 aromatic carbocycles. The van der Waals surface area contributed by atoms with Crippen molar-refractivity contribution in [3.05, 3.63) is 132 Å². The third-order valence-electron chi connectivity index (χ3n) is 6.75. The molecule has 3 heterocycles. The van der Waals surface area contributed by atoms with Crippen LogP contribution in [-0.4, -0.2) is 40.7 Å². The third kappa shape index (κ3) is 6.09. The highest BCUT2D eigenvalue weighted by atomic mass is 32.2. The normalized spacial score (nSPS) is 11.9. The number of nitrogens with one attached hydrogen (secondary N) is 1. The van der Waals surface area contributed by atoms with Crippen LogP contribution >= 0.6 is 0 Å². The Morgan fingerprint density at radius 1 is 0.907 bits per heavy atom. The molecule has 0 atom stereocenters. The average Bonchev–Trinajstić information content (AvgIpc) is 3.45. The van der Waals surface area contributed by atoms with Gasteiger partial charge in [0.1, 0.15) is 0 Å². The number of benzene rings is 3. The van der Waals surface area contributed by atoms with E-state index in [1.807, 2.05) is 54.6 Å². The SMILES string of the molecule is Cc1noc(/C(=C/c2cccc(-c3cc(C(=O)Nc4cccnc4)cc4cccnc34)c2)c2ccc(S(C)(=O)=O)cc2)n1. The van der Waals surface area contributed by atoms with E-state index in [4.69, 9.17) is 4.52 Å². The van der Waals surface area contributed by atoms with E-state index in [0.29, 0.717) is 34.1 Å². The molecule has 1 amide bonds. The minimum Gasteiger partial charge on any atom is -0.334 e. The van der Waals surface area contributed by atoms with Crippen LogP contribution < -0.4 is 5.32 Å². The van der Waals surface area contributed by atoms with E-state index in [0.717, 1.165) is 27.6 Å². The van der Waals surface area contributed by atoms with Crippen molar-refractivity contribution in [1.29, 1.82) is 0 Å². The number of pyridine rings is 2. The van der Waals surface area contributed by atoms with Crippen molar-refractivity contribution in [2.75, 3.05) is 11.6 Å². The van der Waals surface area contributed by atoms with Crippen LogP contribution in [0.25, 0.3) is 33.7 Å². The summed E-state index contributed by atoms with van der Waals surface area (Å²) >= 11 is 0. The second kappa shape index (κ2) is 11.4. The topological polar surface area (TPSA) is 128 Å². The number of anilines is 1. The molecule has 10 heteroatoms. The van der Waals surface area contributed by atoms with Gasteiger partial charge >= 0.3 is 0 Å². The van der Waals surface area contributed by atoms with E-state index in [1.165, 1.54) is 6.26 Å². The molecule has 0 saturated heterocycles. The minimum absolute atomic E-state index is 0.214. The highest BCUT2D eigenvalue weighted by Crippen LogP contribution is 2.32. The van der Waals surface area contributed by atoms with E-state index >= 15 is 0 Å². The van der Waals surface area contributed by atoms with E-state index in [9.17, 15) is 13.2 Å². The quantitative estimate of drug-likeness (QED) is 0.218. The van der Waals surface area contributed by atoms with Gasteiger partial charge in [-0.1, -0.05) is 41.6 Å². The summed E-state index contributed by atoms with van der Waals surface area (Å²) in [6.45, 7) is 1.73. The Balaban J connectivity index is 1.44. The number of rotatable bonds is 7. The van der Waals surface area contributed by atoms with Gasteiger partial charge in [0, 0.05) is 40.7 Å². The molecule has 0 aliphatic rings. The van der Waals surface area contributed by atoms with Crippen LogP contribution in [0.1, 0.15) is 33.2 Å². The van der Waals surface area contributed by atoms with Crippen LogP contribution in [-0.2, 0) is 9.84 Å². The first-order valence-electron chi connectivity index (χ1n) is 13.3. The van der Waals surface area contributed by atoms with Crippen LogP contribution in [0.3, 0.4) is 0 Å². The van der Waals surface area contributed by atoms with Crippen molar-refractivity contribution in [2.45, 2.75) is 11.8 Å². The fraction of sp³-hybridized carbons (Fsp3) is 0.0606. The minimum atomic E-state index is -3.35. The summed E-state index contributed by atoms with van der Waals surface area (Å²) in [5.74, 6) is 0.514. The largest absolute Gasteiger partial charge is 0.334 e. The molecule has 0 fully saturated rings. The molecule has 0 aliphatic carbocycles. The number of carbonyl (C=O) groups excluding carboxylic acids is 1. The summed E-state index contributed by atoms with van der Waals surface area (Å²) in [4.78, 5) is 26.5. The van der Waals surface area contributed by atoms with Crippen molar-refractivity contribution in [3.8, 4) is 11.1 Å². The Morgan fingerprint density at radius 2 is 1.72 bits per heavy atom. The molecule has 212 valence electrons. The Hall–Kier alpha value is -5.48. The van der Waals surface area contributed by atoms with Gasteiger partial charge in [-0.2, -0.15) is 4.98 Å². The maximum atomic E-state index is 13.2. The fourth-order valence-corrected chi connectivity index (χ4v) is 5.33. The number of aryl methyl sites for hydroxylation is 1. The molecule has 6 rings (SSSR count). The molecule has 0 bridgehead atoms. The molecule has 0 aliphatic heterocycles. The summed E-state index contributed by atoms with van der Waals surface area (Å²) < 4.78 is 29.5. The Labute approximate surface area is 247 Å². The highest BCUT2D eigenvalue weighted by Gasteiger charge is 2.16. The van der Waals surface area contributed by atoms with Crippen LogP contribution in [0.15, 0.2) is 113 Å². The van der Waals surface area contributed by atoms with Crippen LogP contribution in [0.2, 0.25) is 0 Å². The number of nitrogens with zero attached hydrogens (tertiary/aromatic N) is 4.